The van der Waals surface area contributed by atoms with Crippen molar-refractivity contribution in [1.82, 2.24) is 0 Å². The molecule has 3 rings (SSSR count). The zero-order valence-corrected chi connectivity index (χ0v) is 10.4. The van der Waals surface area contributed by atoms with E-state index in [-0.39, 0.29) is 5.92 Å². The lowest BCUT2D eigenvalue weighted by molar-refractivity contribution is 1.14. The lowest BCUT2D eigenvalue weighted by atomic mass is 9.98. The summed E-state index contributed by atoms with van der Waals surface area (Å²) in [6, 6.07) is 11.9. The predicted molar refractivity (Wildman–Crippen MR) is 72.5 cm³/mol. The van der Waals surface area contributed by atoms with E-state index in [9.17, 15) is 0 Å². The summed E-state index contributed by atoms with van der Waals surface area (Å²) in [6.45, 7) is 0. The van der Waals surface area contributed by atoms with Crippen molar-refractivity contribution in [2.24, 2.45) is 0 Å². The van der Waals surface area contributed by atoms with Crippen LogP contribution < -0.4 is 0 Å². The summed E-state index contributed by atoms with van der Waals surface area (Å²) in [7, 11) is 0. The molecule has 2 aromatic carbocycles. The Bertz CT molecular complexity index is 620. The quantitative estimate of drug-likeness (QED) is 0.717. The molecule has 0 spiro atoms. The minimum Gasteiger partial charge on any atom is -0.312 e. The maximum Gasteiger partial charge on any atom is 0.0640 e. The molecule has 84 valence electrons. The standard InChI is InChI=1S/C14H9Cl2N/c15-12-6-5-10-8-3-1-2-4-9(8)11(7-17)13(10)14(12)16/h1-7,11,17H. The number of halogens is 2. The molecule has 0 aromatic heterocycles. The Morgan fingerprint density at radius 3 is 2.53 bits per heavy atom. The summed E-state index contributed by atoms with van der Waals surface area (Å²) in [6.07, 6.45) is 1.42. The highest BCUT2D eigenvalue weighted by Gasteiger charge is 2.29. The summed E-state index contributed by atoms with van der Waals surface area (Å²) in [5.74, 6) is -0.0765. The first-order chi connectivity index (χ1) is 8.24. The normalized spacial score (nSPS) is 16.5. The Kier molecular flexibility index (Phi) is 2.46. The molecule has 0 heterocycles. The summed E-state index contributed by atoms with van der Waals surface area (Å²) in [5.41, 5.74) is 4.31. The minimum absolute atomic E-state index is 0.0765. The average Bonchev–Trinajstić information content (AvgIpc) is 2.68. The van der Waals surface area contributed by atoms with Gasteiger partial charge in [-0.1, -0.05) is 53.5 Å². The second kappa shape index (κ2) is 3.86. The summed E-state index contributed by atoms with van der Waals surface area (Å²) in [5, 5.41) is 8.71. The van der Waals surface area contributed by atoms with E-state index < -0.39 is 0 Å². The third-order valence-electron chi connectivity index (χ3n) is 3.20. The predicted octanol–water partition coefficient (Wildman–Crippen LogP) is 4.76. The first-order valence-corrected chi connectivity index (χ1v) is 6.07. The van der Waals surface area contributed by atoms with E-state index in [1.807, 2.05) is 30.3 Å². The van der Waals surface area contributed by atoms with Crippen LogP contribution in [0.2, 0.25) is 10.0 Å². The largest absolute Gasteiger partial charge is 0.312 e. The van der Waals surface area contributed by atoms with Crippen LogP contribution in [0.4, 0.5) is 0 Å². The highest BCUT2D eigenvalue weighted by Crippen LogP contribution is 2.48. The number of hydrogen-bond donors (Lipinski definition) is 1. The van der Waals surface area contributed by atoms with Crippen molar-refractivity contribution >= 4 is 29.4 Å². The Hall–Kier alpha value is -1.31. The molecule has 1 unspecified atom stereocenters. The van der Waals surface area contributed by atoms with Gasteiger partial charge in [0.05, 0.1) is 10.0 Å². The molecule has 0 saturated heterocycles. The summed E-state index contributed by atoms with van der Waals surface area (Å²) >= 11 is 12.3. The van der Waals surface area contributed by atoms with E-state index in [1.54, 1.807) is 0 Å². The van der Waals surface area contributed by atoms with Gasteiger partial charge in [0.15, 0.2) is 0 Å². The topological polar surface area (TPSA) is 23.9 Å². The molecule has 0 aliphatic heterocycles. The van der Waals surface area contributed by atoms with Crippen LogP contribution >= 0.6 is 23.2 Å². The summed E-state index contributed by atoms with van der Waals surface area (Å²) < 4.78 is 0. The number of rotatable bonds is 1. The first kappa shape index (κ1) is 10.8. The van der Waals surface area contributed by atoms with Crippen molar-refractivity contribution < 1.29 is 0 Å². The fraction of sp³-hybridized carbons (Fsp3) is 0.0714. The molecule has 0 saturated carbocycles. The van der Waals surface area contributed by atoms with Gasteiger partial charge >= 0.3 is 0 Å². The summed E-state index contributed by atoms with van der Waals surface area (Å²) in [4.78, 5) is 0. The lowest BCUT2D eigenvalue weighted by Gasteiger charge is -2.09. The lowest BCUT2D eigenvalue weighted by Crippen LogP contribution is -1.97. The highest BCUT2D eigenvalue weighted by molar-refractivity contribution is 6.43. The van der Waals surface area contributed by atoms with Gasteiger partial charge in [-0.25, -0.2) is 0 Å². The molecule has 1 aliphatic carbocycles. The van der Waals surface area contributed by atoms with E-state index in [2.05, 4.69) is 6.07 Å². The molecule has 2 aromatic rings. The van der Waals surface area contributed by atoms with Gasteiger partial charge in [-0.2, -0.15) is 0 Å². The number of nitrogens with one attached hydrogen (secondary N) is 1. The van der Waals surface area contributed by atoms with Crippen molar-refractivity contribution in [3.8, 4) is 11.1 Å². The van der Waals surface area contributed by atoms with Crippen molar-refractivity contribution in [2.75, 3.05) is 0 Å². The number of benzene rings is 2. The van der Waals surface area contributed by atoms with Gasteiger partial charge < -0.3 is 5.41 Å². The zero-order chi connectivity index (χ0) is 12.0. The average molecular weight is 262 g/mol. The molecule has 0 bridgehead atoms. The first-order valence-electron chi connectivity index (χ1n) is 5.32. The zero-order valence-electron chi connectivity index (χ0n) is 8.87. The SMILES string of the molecule is N=CC1c2ccccc2-c2ccc(Cl)c(Cl)c21. The van der Waals surface area contributed by atoms with Crippen molar-refractivity contribution in [3.63, 3.8) is 0 Å². The maximum absolute atomic E-state index is 7.60. The van der Waals surface area contributed by atoms with Gasteiger partial charge in [-0.05, 0) is 28.3 Å². The van der Waals surface area contributed by atoms with E-state index in [0.29, 0.717) is 10.0 Å². The van der Waals surface area contributed by atoms with Crippen molar-refractivity contribution in [1.29, 1.82) is 5.41 Å². The highest BCUT2D eigenvalue weighted by atomic mass is 35.5. The molecule has 3 heteroatoms. The van der Waals surface area contributed by atoms with Gasteiger partial charge in [0.2, 0.25) is 0 Å². The molecule has 0 radical (unpaired) electrons. The molecule has 0 amide bonds. The molecule has 1 nitrogen and oxygen atoms in total. The van der Waals surface area contributed by atoms with Gasteiger partial charge in [0, 0.05) is 12.1 Å². The van der Waals surface area contributed by atoms with Gasteiger partial charge in [0.1, 0.15) is 0 Å². The smallest absolute Gasteiger partial charge is 0.0640 e. The molecular formula is C14H9Cl2N. The molecule has 1 N–H and O–H groups in total. The second-order valence-electron chi connectivity index (χ2n) is 4.05. The van der Waals surface area contributed by atoms with Crippen LogP contribution in [0.15, 0.2) is 36.4 Å². The number of hydrogen-bond acceptors (Lipinski definition) is 1. The third-order valence-corrected chi connectivity index (χ3v) is 4.02. The maximum atomic E-state index is 7.60. The number of fused-ring (bicyclic) bond motifs is 3. The van der Waals surface area contributed by atoms with Crippen molar-refractivity contribution in [3.05, 3.63) is 57.6 Å². The molecule has 17 heavy (non-hydrogen) atoms. The van der Waals surface area contributed by atoms with Crippen LogP contribution in [-0.4, -0.2) is 6.21 Å². The Labute approximate surface area is 110 Å². The van der Waals surface area contributed by atoms with Gasteiger partial charge in [-0.3, -0.25) is 0 Å². The Balaban J connectivity index is 2.39. The van der Waals surface area contributed by atoms with Crippen LogP contribution in [-0.2, 0) is 0 Å². The van der Waals surface area contributed by atoms with E-state index in [0.717, 1.165) is 22.3 Å². The third kappa shape index (κ3) is 1.43. The van der Waals surface area contributed by atoms with Crippen LogP contribution in [0, 0.1) is 5.41 Å². The monoisotopic (exact) mass is 261 g/mol. The van der Waals surface area contributed by atoms with E-state index in [1.165, 1.54) is 6.21 Å². The van der Waals surface area contributed by atoms with Crippen LogP contribution in [0.5, 0.6) is 0 Å². The Morgan fingerprint density at radius 1 is 1.00 bits per heavy atom. The van der Waals surface area contributed by atoms with Crippen LogP contribution in [0.25, 0.3) is 11.1 Å². The van der Waals surface area contributed by atoms with Gasteiger partial charge in [0.25, 0.3) is 0 Å². The molecular weight excluding hydrogens is 253 g/mol. The van der Waals surface area contributed by atoms with Crippen LogP contribution in [0.1, 0.15) is 17.0 Å². The fourth-order valence-corrected chi connectivity index (χ4v) is 2.89. The van der Waals surface area contributed by atoms with E-state index >= 15 is 0 Å². The molecule has 1 aliphatic rings. The second-order valence-corrected chi connectivity index (χ2v) is 4.84. The molecule has 0 fully saturated rings. The minimum atomic E-state index is -0.0765. The molecule has 1 atom stereocenters. The van der Waals surface area contributed by atoms with E-state index in [4.69, 9.17) is 28.6 Å². The van der Waals surface area contributed by atoms with Crippen molar-refractivity contribution in [2.45, 2.75) is 5.92 Å². The van der Waals surface area contributed by atoms with Crippen LogP contribution in [0.3, 0.4) is 0 Å². The van der Waals surface area contributed by atoms with Gasteiger partial charge in [-0.15, -0.1) is 0 Å². The fourth-order valence-electron chi connectivity index (χ4n) is 2.45. The Morgan fingerprint density at radius 2 is 1.76 bits per heavy atom.